The van der Waals surface area contributed by atoms with E-state index in [1.807, 2.05) is 12.1 Å². The molecule has 0 saturated carbocycles. The average molecular weight is 393 g/mol. The van der Waals surface area contributed by atoms with E-state index in [0.29, 0.717) is 23.6 Å². The third-order valence-corrected chi connectivity index (χ3v) is 6.48. The molecule has 1 fully saturated rings. The van der Waals surface area contributed by atoms with Crippen LogP contribution in [0, 0.1) is 0 Å². The molecular formula is C23H23NO5. The number of rotatable bonds is 3. The van der Waals surface area contributed by atoms with Crippen LogP contribution in [-0.4, -0.2) is 48.2 Å². The molecule has 0 amide bonds. The van der Waals surface area contributed by atoms with Crippen molar-refractivity contribution >= 4 is 27.8 Å². The second kappa shape index (κ2) is 6.61. The zero-order chi connectivity index (χ0) is 20.3. The summed E-state index contributed by atoms with van der Waals surface area (Å²) in [5, 5.41) is 25.2. The Morgan fingerprint density at radius 1 is 1.03 bits per heavy atom. The van der Waals surface area contributed by atoms with Crippen molar-refractivity contribution in [1.29, 1.82) is 0 Å². The molecule has 3 aromatic carbocycles. The second-order valence-corrected chi connectivity index (χ2v) is 7.84. The molecule has 29 heavy (non-hydrogen) atoms. The van der Waals surface area contributed by atoms with Gasteiger partial charge in [0.05, 0.1) is 25.9 Å². The second-order valence-electron chi connectivity index (χ2n) is 7.84. The van der Waals surface area contributed by atoms with Gasteiger partial charge in [0, 0.05) is 12.6 Å². The van der Waals surface area contributed by atoms with Crippen LogP contribution in [0.5, 0.6) is 17.2 Å². The van der Waals surface area contributed by atoms with Gasteiger partial charge in [0.25, 0.3) is 0 Å². The first-order valence-electron chi connectivity index (χ1n) is 9.81. The van der Waals surface area contributed by atoms with Crippen LogP contribution in [0.1, 0.15) is 40.4 Å². The molecule has 0 aromatic heterocycles. The first-order valence-corrected chi connectivity index (χ1v) is 9.81. The van der Waals surface area contributed by atoms with E-state index in [9.17, 15) is 15.0 Å². The van der Waals surface area contributed by atoms with E-state index in [0.717, 1.165) is 58.3 Å². The summed E-state index contributed by atoms with van der Waals surface area (Å²) in [4.78, 5) is 14.0. The molecule has 0 bridgehead atoms. The SMILES string of the molecule is COc1cc2c(cc1O)c1c(c3cc(C=O)c(OC)cc32)CN2CCC[C@@H]2[C@@H]1O. The van der Waals surface area contributed by atoms with Gasteiger partial charge in [-0.05, 0) is 76.3 Å². The fraction of sp³-hybridized carbons (Fsp3) is 0.348. The van der Waals surface area contributed by atoms with Gasteiger partial charge >= 0.3 is 0 Å². The maximum atomic E-state index is 11.7. The minimum absolute atomic E-state index is 0.0408. The number of phenols is 1. The van der Waals surface area contributed by atoms with Crippen LogP contribution in [0.4, 0.5) is 0 Å². The molecular weight excluding hydrogens is 370 g/mol. The number of nitrogens with zero attached hydrogens (tertiary/aromatic N) is 1. The van der Waals surface area contributed by atoms with Gasteiger partial charge in [-0.25, -0.2) is 0 Å². The fourth-order valence-corrected chi connectivity index (χ4v) is 5.13. The van der Waals surface area contributed by atoms with Crippen LogP contribution in [0.2, 0.25) is 0 Å². The van der Waals surface area contributed by atoms with Crippen LogP contribution >= 0.6 is 0 Å². The van der Waals surface area contributed by atoms with E-state index in [1.165, 1.54) is 7.11 Å². The molecule has 6 heteroatoms. The number of aldehydes is 1. The van der Waals surface area contributed by atoms with Crippen molar-refractivity contribution in [3.8, 4) is 17.2 Å². The molecule has 0 radical (unpaired) electrons. The first kappa shape index (κ1) is 18.2. The summed E-state index contributed by atoms with van der Waals surface area (Å²) in [7, 11) is 3.05. The molecule has 0 aliphatic carbocycles. The largest absolute Gasteiger partial charge is 0.504 e. The summed E-state index contributed by atoms with van der Waals surface area (Å²) in [5.41, 5.74) is 2.33. The number of phenolic OH excluding ortho intramolecular Hbond substituents is 1. The minimum atomic E-state index is -0.650. The topological polar surface area (TPSA) is 79.2 Å². The van der Waals surface area contributed by atoms with Gasteiger partial charge in [-0.3, -0.25) is 9.69 Å². The maximum Gasteiger partial charge on any atom is 0.161 e. The lowest BCUT2D eigenvalue weighted by Crippen LogP contribution is -2.39. The third kappa shape index (κ3) is 2.52. The highest BCUT2D eigenvalue weighted by Gasteiger charge is 2.39. The Kier molecular flexibility index (Phi) is 4.15. The number of fused-ring (bicyclic) bond motifs is 7. The summed E-state index contributed by atoms with van der Waals surface area (Å²) in [5.74, 6) is 0.903. The fourth-order valence-electron chi connectivity index (χ4n) is 5.13. The van der Waals surface area contributed by atoms with Crippen LogP contribution in [0.25, 0.3) is 21.5 Å². The molecule has 3 aromatic rings. The van der Waals surface area contributed by atoms with Crippen molar-refractivity contribution in [2.75, 3.05) is 20.8 Å². The Balaban J connectivity index is 1.95. The third-order valence-electron chi connectivity index (χ3n) is 6.48. The average Bonchev–Trinajstić information content (AvgIpc) is 3.21. The predicted molar refractivity (Wildman–Crippen MR) is 110 cm³/mol. The highest BCUT2D eigenvalue weighted by atomic mass is 16.5. The Hall–Kier alpha value is -2.83. The van der Waals surface area contributed by atoms with Gasteiger partial charge in [0.1, 0.15) is 5.75 Å². The van der Waals surface area contributed by atoms with E-state index in [1.54, 1.807) is 19.2 Å². The molecule has 2 heterocycles. The zero-order valence-electron chi connectivity index (χ0n) is 16.4. The van der Waals surface area contributed by atoms with Crippen LogP contribution in [0.15, 0.2) is 24.3 Å². The van der Waals surface area contributed by atoms with Gasteiger partial charge < -0.3 is 19.7 Å². The van der Waals surface area contributed by atoms with Gasteiger partial charge in [-0.1, -0.05) is 0 Å². The number of aliphatic hydroxyl groups excluding tert-OH is 1. The van der Waals surface area contributed by atoms with Gasteiger partial charge in [-0.15, -0.1) is 0 Å². The van der Waals surface area contributed by atoms with Gasteiger partial charge in [-0.2, -0.15) is 0 Å². The number of hydrogen-bond acceptors (Lipinski definition) is 6. The molecule has 2 N–H and O–H groups in total. The van der Waals surface area contributed by atoms with E-state index in [-0.39, 0.29) is 11.8 Å². The first-order chi connectivity index (χ1) is 14.1. The summed E-state index contributed by atoms with van der Waals surface area (Å²) in [6.07, 6.45) is 2.15. The molecule has 2 aliphatic heterocycles. The molecule has 6 nitrogen and oxygen atoms in total. The summed E-state index contributed by atoms with van der Waals surface area (Å²) in [6.45, 7) is 1.66. The highest BCUT2D eigenvalue weighted by Crippen LogP contribution is 2.47. The Morgan fingerprint density at radius 2 is 1.76 bits per heavy atom. The van der Waals surface area contributed by atoms with Crippen molar-refractivity contribution in [1.82, 2.24) is 4.90 Å². The number of aliphatic hydroxyl groups is 1. The lowest BCUT2D eigenvalue weighted by molar-refractivity contribution is 0.0552. The summed E-state index contributed by atoms with van der Waals surface area (Å²) >= 11 is 0. The number of methoxy groups -OCH3 is 2. The normalized spacial score (nSPS) is 21.2. The molecule has 0 unspecified atom stereocenters. The summed E-state index contributed by atoms with van der Waals surface area (Å²) < 4.78 is 10.8. The molecule has 1 saturated heterocycles. The van der Waals surface area contributed by atoms with Gasteiger partial charge in [0.15, 0.2) is 17.8 Å². The zero-order valence-corrected chi connectivity index (χ0v) is 16.4. The molecule has 5 rings (SSSR count). The molecule has 2 atom stereocenters. The number of carbonyl (C=O) groups excluding carboxylic acids is 1. The summed E-state index contributed by atoms with van der Waals surface area (Å²) in [6, 6.07) is 7.26. The smallest absolute Gasteiger partial charge is 0.161 e. The minimum Gasteiger partial charge on any atom is -0.504 e. The number of carbonyl (C=O) groups is 1. The monoisotopic (exact) mass is 393 g/mol. The predicted octanol–water partition coefficient (Wildman–Crippen LogP) is 3.54. The van der Waals surface area contributed by atoms with Crippen LogP contribution in [-0.2, 0) is 6.54 Å². The molecule has 150 valence electrons. The van der Waals surface area contributed by atoms with E-state index in [4.69, 9.17) is 9.47 Å². The number of ether oxygens (including phenoxy) is 2. The van der Waals surface area contributed by atoms with Crippen LogP contribution in [0.3, 0.4) is 0 Å². The number of aromatic hydroxyl groups is 1. The van der Waals surface area contributed by atoms with E-state index in [2.05, 4.69) is 4.90 Å². The van der Waals surface area contributed by atoms with Crippen molar-refractivity contribution in [3.05, 3.63) is 41.0 Å². The Labute approximate surface area is 168 Å². The lowest BCUT2D eigenvalue weighted by Gasteiger charge is -2.37. The number of hydrogen-bond donors (Lipinski definition) is 2. The number of benzene rings is 3. The van der Waals surface area contributed by atoms with Gasteiger partial charge in [0.2, 0.25) is 0 Å². The van der Waals surface area contributed by atoms with Crippen LogP contribution < -0.4 is 9.47 Å². The standard InChI is InChI=1S/C23H23NO5/c1-28-20-8-14-13(6-12(20)11-25)17-10-24-5-3-4-18(24)23(27)22(17)16-7-19(26)21(29-2)9-15(14)16/h6-9,11,18,23,26-27H,3-5,10H2,1-2H3/t18-,23+/m1/s1. The van der Waals surface area contributed by atoms with E-state index < -0.39 is 6.10 Å². The molecule has 0 spiro atoms. The van der Waals surface area contributed by atoms with Crippen molar-refractivity contribution in [2.24, 2.45) is 0 Å². The Bertz CT molecular complexity index is 1160. The Morgan fingerprint density at radius 3 is 2.48 bits per heavy atom. The highest BCUT2D eigenvalue weighted by molar-refractivity contribution is 6.13. The lowest BCUT2D eigenvalue weighted by atomic mass is 9.83. The van der Waals surface area contributed by atoms with Crippen molar-refractivity contribution in [3.63, 3.8) is 0 Å². The van der Waals surface area contributed by atoms with Crippen molar-refractivity contribution < 1.29 is 24.5 Å². The van der Waals surface area contributed by atoms with Crippen molar-refractivity contribution in [2.45, 2.75) is 31.5 Å². The molecule has 2 aliphatic rings. The maximum absolute atomic E-state index is 11.7. The van der Waals surface area contributed by atoms with E-state index >= 15 is 0 Å². The quantitative estimate of drug-likeness (QED) is 0.523.